The number of benzene rings is 1. The minimum Gasteiger partial charge on any atom is -0.380 e. The van der Waals surface area contributed by atoms with Gasteiger partial charge in [0.15, 0.2) is 0 Å². The van der Waals surface area contributed by atoms with E-state index in [4.69, 9.17) is 4.74 Å². The quantitative estimate of drug-likeness (QED) is 0.843. The number of methoxy groups -OCH3 is 1. The summed E-state index contributed by atoms with van der Waals surface area (Å²) in [5.41, 5.74) is 6.70. The molecule has 1 aliphatic heterocycles. The number of piperidine rings is 1. The second-order valence-electron chi connectivity index (χ2n) is 7.15. The molecule has 116 valence electrons. The van der Waals surface area contributed by atoms with E-state index in [1.165, 1.54) is 37.9 Å². The molecule has 1 aromatic rings. The first-order valence-electron chi connectivity index (χ1n) is 8.46. The molecule has 1 saturated heterocycles. The van der Waals surface area contributed by atoms with Crippen LogP contribution >= 0.6 is 0 Å². The highest BCUT2D eigenvalue weighted by molar-refractivity contribution is 5.45. The third-order valence-electron chi connectivity index (χ3n) is 5.70. The number of nitrogens with zero attached hydrogens (tertiary/aromatic N) is 1. The van der Waals surface area contributed by atoms with E-state index in [-0.39, 0.29) is 0 Å². The van der Waals surface area contributed by atoms with E-state index in [9.17, 15) is 0 Å². The van der Waals surface area contributed by atoms with Gasteiger partial charge in [-0.1, -0.05) is 42.0 Å². The molecule has 0 bridgehead atoms. The number of hydrogen-bond donors (Lipinski definition) is 0. The molecule has 0 unspecified atom stereocenters. The SMILES string of the molecule is COCC1=CC=C(CN2CCC3(CC2)Cc2ccccc23)C1. The Bertz CT molecular complexity index is 620. The summed E-state index contributed by atoms with van der Waals surface area (Å²) in [7, 11) is 1.78. The lowest BCUT2D eigenvalue weighted by Crippen LogP contribution is -2.49. The third-order valence-corrected chi connectivity index (χ3v) is 5.70. The summed E-state index contributed by atoms with van der Waals surface area (Å²) in [5.74, 6) is 0. The first-order valence-corrected chi connectivity index (χ1v) is 8.46. The van der Waals surface area contributed by atoms with Gasteiger partial charge in [-0.15, -0.1) is 0 Å². The van der Waals surface area contributed by atoms with Crippen molar-refractivity contribution < 1.29 is 4.74 Å². The van der Waals surface area contributed by atoms with Crippen molar-refractivity contribution in [2.45, 2.75) is 31.1 Å². The fraction of sp³-hybridized carbons (Fsp3) is 0.500. The van der Waals surface area contributed by atoms with E-state index in [1.807, 2.05) is 0 Å². The van der Waals surface area contributed by atoms with Gasteiger partial charge in [0.1, 0.15) is 0 Å². The van der Waals surface area contributed by atoms with Gasteiger partial charge in [0.05, 0.1) is 6.61 Å². The number of ether oxygens (including phenoxy) is 1. The highest BCUT2D eigenvalue weighted by atomic mass is 16.5. The molecular weight excluding hydrogens is 270 g/mol. The summed E-state index contributed by atoms with van der Waals surface area (Å²) in [6, 6.07) is 9.05. The number of rotatable bonds is 4. The van der Waals surface area contributed by atoms with Crippen LogP contribution < -0.4 is 0 Å². The summed E-state index contributed by atoms with van der Waals surface area (Å²) in [6.07, 6.45) is 9.62. The van der Waals surface area contributed by atoms with Gasteiger partial charge in [-0.25, -0.2) is 0 Å². The van der Waals surface area contributed by atoms with Crippen LogP contribution in [-0.4, -0.2) is 38.3 Å². The molecule has 0 amide bonds. The van der Waals surface area contributed by atoms with Gasteiger partial charge in [-0.2, -0.15) is 0 Å². The molecule has 1 fully saturated rings. The first kappa shape index (κ1) is 14.2. The van der Waals surface area contributed by atoms with Crippen molar-refractivity contribution in [2.75, 3.05) is 33.4 Å². The van der Waals surface area contributed by atoms with Gasteiger partial charge in [0.25, 0.3) is 0 Å². The number of allylic oxidation sites excluding steroid dienone is 2. The molecule has 1 spiro atoms. The molecule has 4 rings (SSSR count). The Balaban J connectivity index is 1.31. The van der Waals surface area contributed by atoms with Crippen molar-refractivity contribution in [3.63, 3.8) is 0 Å². The number of hydrogen-bond acceptors (Lipinski definition) is 2. The summed E-state index contributed by atoms with van der Waals surface area (Å²) in [6.45, 7) is 4.40. The fourth-order valence-corrected chi connectivity index (χ4v) is 4.46. The Kier molecular flexibility index (Phi) is 3.67. The van der Waals surface area contributed by atoms with Crippen LogP contribution in [0.3, 0.4) is 0 Å². The minimum atomic E-state index is 0.511. The molecule has 0 radical (unpaired) electrons. The van der Waals surface area contributed by atoms with E-state index in [2.05, 4.69) is 41.3 Å². The lowest BCUT2D eigenvalue weighted by atomic mass is 9.59. The van der Waals surface area contributed by atoms with Crippen molar-refractivity contribution in [1.29, 1.82) is 0 Å². The van der Waals surface area contributed by atoms with E-state index >= 15 is 0 Å². The molecule has 0 saturated carbocycles. The summed E-state index contributed by atoms with van der Waals surface area (Å²) >= 11 is 0. The molecule has 22 heavy (non-hydrogen) atoms. The van der Waals surface area contributed by atoms with Gasteiger partial charge in [0, 0.05) is 19.1 Å². The van der Waals surface area contributed by atoms with Crippen molar-refractivity contribution >= 4 is 0 Å². The highest BCUT2D eigenvalue weighted by Crippen LogP contribution is 2.48. The highest BCUT2D eigenvalue weighted by Gasteiger charge is 2.44. The molecular formula is C20H25NO. The Labute approximate surface area is 133 Å². The van der Waals surface area contributed by atoms with Crippen molar-refractivity contribution in [2.24, 2.45) is 0 Å². The zero-order valence-electron chi connectivity index (χ0n) is 13.5. The molecule has 0 aromatic heterocycles. The zero-order valence-corrected chi connectivity index (χ0v) is 13.5. The number of fused-ring (bicyclic) bond motifs is 2. The monoisotopic (exact) mass is 295 g/mol. The van der Waals surface area contributed by atoms with Gasteiger partial charge < -0.3 is 4.74 Å². The molecule has 2 heteroatoms. The number of likely N-dealkylation sites (tertiary alicyclic amines) is 1. The van der Waals surface area contributed by atoms with Gasteiger partial charge >= 0.3 is 0 Å². The molecule has 3 aliphatic rings. The van der Waals surface area contributed by atoms with E-state index in [1.54, 1.807) is 23.8 Å². The predicted octanol–water partition coefficient (Wildman–Crippen LogP) is 3.48. The van der Waals surface area contributed by atoms with Crippen LogP contribution in [0.25, 0.3) is 0 Å². The lowest BCUT2D eigenvalue weighted by Gasteiger charge is -2.49. The Morgan fingerprint density at radius 3 is 2.64 bits per heavy atom. The van der Waals surface area contributed by atoms with Crippen molar-refractivity contribution in [1.82, 2.24) is 4.90 Å². The Morgan fingerprint density at radius 2 is 1.86 bits per heavy atom. The second-order valence-corrected chi connectivity index (χ2v) is 7.15. The first-order chi connectivity index (χ1) is 10.8. The maximum absolute atomic E-state index is 5.23. The lowest BCUT2D eigenvalue weighted by molar-refractivity contribution is 0.151. The normalized spacial score (nSPS) is 23.0. The van der Waals surface area contributed by atoms with E-state index in [0.717, 1.165) is 19.6 Å². The van der Waals surface area contributed by atoms with E-state index in [0.29, 0.717) is 5.41 Å². The molecule has 0 N–H and O–H groups in total. The topological polar surface area (TPSA) is 12.5 Å². The van der Waals surface area contributed by atoms with Crippen LogP contribution in [-0.2, 0) is 16.6 Å². The van der Waals surface area contributed by atoms with Crippen molar-refractivity contribution in [3.05, 3.63) is 58.7 Å². The Morgan fingerprint density at radius 1 is 1.09 bits per heavy atom. The van der Waals surface area contributed by atoms with Crippen LogP contribution in [0.4, 0.5) is 0 Å². The van der Waals surface area contributed by atoms with Crippen LogP contribution in [0.2, 0.25) is 0 Å². The maximum Gasteiger partial charge on any atom is 0.0679 e. The van der Waals surface area contributed by atoms with E-state index < -0.39 is 0 Å². The summed E-state index contributed by atoms with van der Waals surface area (Å²) in [5, 5.41) is 0. The average molecular weight is 295 g/mol. The largest absolute Gasteiger partial charge is 0.380 e. The minimum absolute atomic E-state index is 0.511. The van der Waals surface area contributed by atoms with Crippen LogP contribution in [0, 0.1) is 0 Å². The fourth-order valence-electron chi connectivity index (χ4n) is 4.46. The Hall–Kier alpha value is -1.38. The predicted molar refractivity (Wildman–Crippen MR) is 90.2 cm³/mol. The second kappa shape index (κ2) is 5.68. The summed E-state index contributed by atoms with van der Waals surface area (Å²) in [4.78, 5) is 2.64. The van der Waals surface area contributed by atoms with Crippen LogP contribution in [0.15, 0.2) is 47.6 Å². The molecule has 2 aliphatic carbocycles. The van der Waals surface area contributed by atoms with Gasteiger partial charge in [-0.3, -0.25) is 4.90 Å². The average Bonchev–Trinajstić information content (AvgIpc) is 2.96. The zero-order chi connectivity index (χ0) is 15.0. The molecule has 2 nitrogen and oxygen atoms in total. The van der Waals surface area contributed by atoms with Gasteiger partial charge in [-0.05, 0) is 55.5 Å². The summed E-state index contributed by atoms with van der Waals surface area (Å²) < 4.78 is 5.23. The van der Waals surface area contributed by atoms with Crippen molar-refractivity contribution in [3.8, 4) is 0 Å². The molecule has 1 heterocycles. The van der Waals surface area contributed by atoms with Crippen LogP contribution in [0.5, 0.6) is 0 Å². The molecule has 1 aromatic carbocycles. The van der Waals surface area contributed by atoms with Crippen LogP contribution in [0.1, 0.15) is 30.4 Å². The standard InChI is InChI=1S/C20H25NO/c1-22-15-17-7-6-16(12-17)14-21-10-8-20(9-11-21)13-18-4-2-3-5-19(18)20/h2-7H,8-15H2,1H3. The molecule has 0 atom stereocenters. The van der Waals surface area contributed by atoms with Gasteiger partial charge in [0.2, 0.25) is 0 Å². The maximum atomic E-state index is 5.23. The smallest absolute Gasteiger partial charge is 0.0679 e. The third kappa shape index (κ3) is 2.45.